The first kappa shape index (κ1) is 14.2. The molecule has 3 rings (SSSR count). The van der Waals surface area contributed by atoms with Crippen molar-refractivity contribution in [2.75, 3.05) is 14.2 Å². The molecule has 1 N–H and O–H groups in total. The van der Waals surface area contributed by atoms with Crippen LogP contribution in [0.2, 0.25) is 0 Å². The van der Waals surface area contributed by atoms with Crippen LogP contribution in [0.5, 0.6) is 5.75 Å². The Labute approximate surface area is 129 Å². The highest BCUT2D eigenvalue weighted by atomic mass is 16.5. The number of benzene rings is 2. The predicted molar refractivity (Wildman–Crippen MR) is 87.1 cm³/mol. The first-order valence-corrected chi connectivity index (χ1v) is 7.13. The molecule has 1 amide bonds. The molecule has 112 valence electrons. The van der Waals surface area contributed by atoms with E-state index in [0.717, 1.165) is 22.2 Å². The topological polar surface area (TPSA) is 45.3 Å². The van der Waals surface area contributed by atoms with Gasteiger partial charge in [0, 0.05) is 24.5 Å². The SMILES string of the molecule is COc1ccc2[nH]c(C(=O)N(C)Cc3ccccc3)cc2c1. The fraction of sp³-hybridized carbons (Fsp3) is 0.167. The van der Waals surface area contributed by atoms with Crippen LogP contribution in [0.4, 0.5) is 0 Å². The largest absolute Gasteiger partial charge is 0.497 e. The number of H-pyrrole nitrogens is 1. The van der Waals surface area contributed by atoms with Gasteiger partial charge in [-0.25, -0.2) is 0 Å². The third-order valence-electron chi connectivity index (χ3n) is 3.67. The summed E-state index contributed by atoms with van der Waals surface area (Å²) in [4.78, 5) is 17.4. The number of hydrogen-bond acceptors (Lipinski definition) is 2. The van der Waals surface area contributed by atoms with Crippen molar-refractivity contribution < 1.29 is 9.53 Å². The van der Waals surface area contributed by atoms with E-state index in [1.54, 1.807) is 19.1 Å². The van der Waals surface area contributed by atoms with E-state index in [4.69, 9.17) is 4.74 Å². The van der Waals surface area contributed by atoms with Crippen molar-refractivity contribution in [3.05, 3.63) is 65.9 Å². The lowest BCUT2D eigenvalue weighted by atomic mass is 10.2. The highest BCUT2D eigenvalue weighted by Crippen LogP contribution is 2.22. The van der Waals surface area contributed by atoms with E-state index in [2.05, 4.69) is 4.98 Å². The number of aromatic amines is 1. The van der Waals surface area contributed by atoms with Gasteiger partial charge in [0.1, 0.15) is 11.4 Å². The first-order chi connectivity index (χ1) is 10.7. The highest BCUT2D eigenvalue weighted by Gasteiger charge is 2.14. The summed E-state index contributed by atoms with van der Waals surface area (Å²) in [5, 5.41) is 0.968. The fourth-order valence-electron chi connectivity index (χ4n) is 2.49. The number of carbonyl (C=O) groups excluding carboxylic acids is 1. The molecular formula is C18H18N2O2. The zero-order valence-corrected chi connectivity index (χ0v) is 12.7. The summed E-state index contributed by atoms with van der Waals surface area (Å²) in [6.45, 7) is 0.582. The summed E-state index contributed by atoms with van der Waals surface area (Å²) in [6.07, 6.45) is 0. The van der Waals surface area contributed by atoms with Gasteiger partial charge >= 0.3 is 0 Å². The molecule has 0 aliphatic carbocycles. The maximum Gasteiger partial charge on any atom is 0.270 e. The number of aromatic nitrogens is 1. The van der Waals surface area contributed by atoms with Crippen molar-refractivity contribution in [1.82, 2.24) is 9.88 Å². The number of methoxy groups -OCH3 is 1. The lowest BCUT2D eigenvalue weighted by molar-refractivity contribution is 0.0780. The molecule has 4 nitrogen and oxygen atoms in total. The van der Waals surface area contributed by atoms with Crippen LogP contribution in [0.15, 0.2) is 54.6 Å². The Hall–Kier alpha value is -2.75. The molecule has 3 aromatic rings. The minimum absolute atomic E-state index is 0.0287. The van der Waals surface area contributed by atoms with Crippen LogP contribution in [-0.2, 0) is 6.54 Å². The molecular weight excluding hydrogens is 276 g/mol. The van der Waals surface area contributed by atoms with Crippen LogP contribution in [0.3, 0.4) is 0 Å². The number of hydrogen-bond donors (Lipinski definition) is 1. The second-order valence-corrected chi connectivity index (χ2v) is 5.28. The number of amides is 1. The number of fused-ring (bicyclic) bond motifs is 1. The average molecular weight is 294 g/mol. The lowest BCUT2D eigenvalue weighted by Gasteiger charge is -2.16. The Balaban J connectivity index is 1.82. The van der Waals surface area contributed by atoms with Crippen molar-refractivity contribution in [2.45, 2.75) is 6.54 Å². The highest BCUT2D eigenvalue weighted by molar-refractivity contribution is 5.98. The fourth-order valence-corrected chi connectivity index (χ4v) is 2.49. The molecule has 0 saturated carbocycles. The van der Waals surface area contributed by atoms with E-state index in [1.807, 2.05) is 54.6 Å². The third kappa shape index (κ3) is 2.81. The Morgan fingerprint density at radius 1 is 1.14 bits per heavy atom. The smallest absolute Gasteiger partial charge is 0.270 e. The van der Waals surface area contributed by atoms with Gasteiger partial charge in [0.2, 0.25) is 0 Å². The minimum Gasteiger partial charge on any atom is -0.497 e. The van der Waals surface area contributed by atoms with Crippen LogP contribution in [0.1, 0.15) is 16.1 Å². The summed E-state index contributed by atoms with van der Waals surface area (Å²) in [5.74, 6) is 0.752. The predicted octanol–water partition coefficient (Wildman–Crippen LogP) is 3.45. The Bertz CT molecular complexity index is 793. The number of nitrogens with one attached hydrogen (secondary N) is 1. The number of rotatable bonds is 4. The molecule has 0 fully saturated rings. The normalized spacial score (nSPS) is 10.6. The maximum absolute atomic E-state index is 12.5. The van der Waals surface area contributed by atoms with Gasteiger partial charge in [-0.15, -0.1) is 0 Å². The molecule has 1 aromatic heterocycles. The molecule has 4 heteroatoms. The lowest BCUT2D eigenvalue weighted by Crippen LogP contribution is -2.26. The van der Waals surface area contributed by atoms with E-state index in [-0.39, 0.29) is 5.91 Å². The maximum atomic E-state index is 12.5. The third-order valence-corrected chi connectivity index (χ3v) is 3.67. The Kier molecular flexibility index (Phi) is 3.83. The number of nitrogens with zero attached hydrogens (tertiary/aromatic N) is 1. The van der Waals surface area contributed by atoms with E-state index >= 15 is 0 Å². The van der Waals surface area contributed by atoms with Gasteiger partial charge in [0.15, 0.2) is 0 Å². The van der Waals surface area contributed by atoms with Gasteiger partial charge in [-0.2, -0.15) is 0 Å². The van der Waals surface area contributed by atoms with Gasteiger partial charge in [0.05, 0.1) is 7.11 Å². The van der Waals surface area contributed by atoms with Crippen LogP contribution in [-0.4, -0.2) is 29.9 Å². The number of carbonyl (C=O) groups is 1. The van der Waals surface area contributed by atoms with Crippen molar-refractivity contribution in [1.29, 1.82) is 0 Å². The van der Waals surface area contributed by atoms with E-state index in [0.29, 0.717) is 12.2 Å². The van der Waals surface area contributed by atoms with Gasteiger partial charge in [-0.3, -0.25) is 4.79 Å². The Morgan fingerprint density at radius 2 is 1.91 bits per heavy atom. The van der Waals surface area contributed by atoms with Gasteiger partial charge < -0.3 is 14.6 Å². The van der Waals surface area contributed by atoms with E-state index in [9.17, 15) is 4.79 Å². The Morgan fingerprint density at radius 3 is 2.64 bits per heavy atom. The molecule has 0 aliphatic rings. The van der Waals surface area contributed by atoms with Gasteiger partial charge in [-0.05, 0) is 29.8 Å². The molecule has 0 bridgehead atoms. The van der Waals surface area contributed by atoms with Crippen molar-refractivity contribution in [3.63, 3.8) is 0 Å². The minimum atomic E-state index is -0.0287. The van der Waals surface area contributed by atoms with Gasteiger partial charge in [0.25, 0.3) is 5.91 Å². The molecule has 1 heterocycles. The molecule has 0 unspecified atom stereocenters. The first-order valence-electron chi connectivity index (χ1n) is 7.13. The molecule has 0 saturated heterocycles. The molecule has 0 radical (unpaired) electrons. The number of ether oxygens (including phenoxy) is 1. The zero-order valence-electron chi connectivity index (χ0n) is 12.7. The summed E-state index contributed by atoms with van der Waals surface area (Å²) < 4.78 is 5.21. The summed E-state index contributed by atoms with van der Waals surface area (Å²) in [7, 11) is 3.44. The van der Waals surface area contributed by atoms with Crippen LogP contribution < -0.4 is 4.74 Å². The standard InChI is InChI=1S/C18H18N2O2/c1-20(12-13-6-4-3-5-7-13)18(21)17-11-14-10-15(22-2)8-9-16(14)19-17/h3-11,19H,12H2,1-2H3. The van der Waals surface area contributed by atoms with E-state index < -0.39 is 0 Å². The van der Waals surface area contributed by atoms with Crippen LogP contribution in [0.25, 0.3) is 10.9 Å². The van der Waals surface area contributed by atoms with E-state index in [1.165, 1.54) is 0 Å². The monoisotopic (exact) mass is 294 g/mol. The zero-order chi connectivity index (χ0) is 15.5. The van der Waals surface area contributed by atoms with Crippen LogP contribution in [0, 0.1) is 0 Å². The van der Waals surface area contributed by atoms with Crippen molar-refractivity contribution in [3.8, 4) is 5.75 Å². The average Bonchev–Trinajstić information content (AvgIpc) is 2.97. The molecule has 2 aromatic carbocycles. The summed E-state index contributed by atoms with van der Waals surface area (Å²) in [6, 6.07) is 17.5. The summed E-state index contributed by atoms with van der Waals surface area (Å²) in [5.41, 5.74) is 2.62. The molecule has 22 heavy (non-hydrogen) atoms. The molecule has 0 spiro atoms. The summed E-state index contributed by atoms with van der Waals surface area (Å²) >= 11 is 0. The van der Waals surface area contributed by atoms with Crippen molar-refractivity contribution >= 4 is 16.8 Å². The van der Waals surface area contributed by atoms with Gasteiger partial charge in [-0.1, -0.05) is 30.3 Å². The van der Waals surface area contributed by atoms with Crippen LogP contribution >= 0.6 is 0 Å². The molecule has 0 aliphatic heterocycles. The molecule has 0 atom stereocenters. The second-order valence-electron chi connectivity index (χ2n) is 5.28. The second kappa shape index (κ2) is 5.93. The van der Waals surface area contributed by atoms with Crippen molar-refractivity contribution in [2.24, 2.45) is 0 Å². The quantitative estimate of drug-likeness (QED) is 0.801.